The molecule has 0 spiro atoms. The van der Waals surface area contributed by atoms with Crippen molar-refractivity contribution in [1.82, 2.24) is 9.88 Å². The van der Waals surface area contributed by atoms with Crippen LogP contribution in [0.15, 0.2) is 42.6 Å². The average Bonchev–Trinajstić information content (AvgIpc) is 2.53. The summed E-state index contributed by atoms with van der Waals surface area (Å²) in [7, 11) is 1.81. The number of hydrogen-bond donors (Lipinski definition) is 1. The maximum Gasteiger partial charge on any atom is 0.254 e. The van der Waals surface area contributed by atoms with Gasteiger partial charge in [0, 0.05) is 25.4 Å². The van der Waals surface area contributed by atoms with E-state index in [9.17, 15) is 4.79 Å². The molecule has 2 aromatic rings. The van der Waals surface area contributed by atoms with E-state index in [1.165, 1.54) is 5.56 Å². The molecule has 21 heavy (non-hydrogen) atoms. The molecule has 1 unspecified atom stereocenters. The second-order valence-electron chi connectivity index (χ2n) is 5.24. The summed E-state index contributed by atoms with van der Waals surface area (Å²) in [6.45, 7) is 4.40. The van der Waals surface area contributed by atoms with E-state index >= 15 is 0 Å². The zero-order valence-electron chi connectivity index (χ0n) is 12.7. The zero-order chi connectivity index (χ0) is 15.4. The Morgan fingerprint density at radius 1 is 1.29 bits per heavy atom. The molecular weight excluding hydrogens is 262 g/mol. The summed E-state index contributed by atoms with van der Waals surface area (Å²) in [5.74, 6) is -0.0276. The van der Waals surface area contributed by atoms with Crippen LogP contribution in [0.1, 0.15) is 40.1 Å². The van der Waals surface area contributed by atoms with E-state index in [-0.39, 0.29) is 11.9 Å². The molecule has 1 aromatic carbocycles. The first-order valence-corrected chi connectivity index (χ1v) is 7.01. The SMILES string of the molecule is Cc1ccc(C(C)N(C)C(=O)c2ccnc(CN)c2)cc1. The van der Waals surface area contributed by atoms with Gasteiger partial charge in [0.1, 0.15) is 0 Å². The summed E-state index contributed by atoms with van der Waals surface area (Å²) in [5, 5.41) is 0. The lowest BCUT2D eigenvalue weighted by molar-refractivity contribution is 0.0742. The van der Waals surface area contributed by atoms with Crippen LogP contribution in [-0.2, 0) is 6.54 Å². The number of rotatable bonds is 4. The van der Waals surface area contributed by atoms with Crippen LogP contribution in [-0.4, -0.2) is 22.8 Å². The van der Waals surface area contributed by atoms with E-state index in [0.29, 0.717) is 12.1 Å². The average molecular weight is 283 g/mol. The number of carbonyl (C=O) groups excluding carboxylic acids is 1. The van der Waals surface area contributed by atoms with Crippen LogP contribution in [0.5, 0.6) is 0 Å². The maximum atomic E-state index is 12.6. The van der Waals surface area contributed by atoms with Crippen molar-refractivity contribution in [2.45, 2.75) is 26.4 Å². The maximum absolute atomic E-state index is 12.6. The quantitative estimate of drug-likeness (QED) is 0.938. The fourth-order valence-electron chi connectivity index (χ4n) is 2.17. The third kappa shape index (κ3) is 3.47. The highest BCUT2D eigenvalue weighted by Gasteiger charge is 2.19. The Morgan fingerprint density at radius 3 is 2.57 bits per heavy atom. The third-order valence-corrected chi connectivity index (χ3v) is 3.73. The standard InChI is InChI=1S/C17H21N3O/c1-12-4-6-14(7-5-12)13(2)20(3)17(21)15-8-9-19-16(10-15)11-18/h4-10,13H,11,18H2,1-3H3. The molecule has 1 aromatic heterocycles. The van der Waals surface area contributed by atoms with Crippen LogP contribution in [0, 0.1) is 6.92 Å². The van der Waals surface area contributed by atoms with Gasteiger partial charge >= 0.3 is 0 Å². The van der Waals surface area contributed by atoms with Crippen LogP contribution in [0.3, 0.4) is 0 Å². The predicted molar refractivity (Wildman–Crippen MR) is 83.8 cm³/mol. The monoisotopic (exact) mass is 283 g/mol. The van der Waals surface area contributed by atoms with E-state index in [2.05, 4.69) is 36.2 Å². The molecule has 110 valence electrons. The smallest absolute Gasteiger partial charge is 0.254 e. The minimum atomic E-state index is -0.0276. The van der Waals surface area contributed by atoms with Crippen molar-refractivity contribution in [2.75, 3.05) is 7.05 Å². The summed E-state index contributed by atoms with van der Waals surface area (Å²) in [6, 6.07) is 11.7. The fraction of sp³-hybridized carbons (Fsp3) is 0.294. The molecule has 2 rings (SSSR count). The van der Waals surface area contributed by atoms with Gasteiger partial charge < -0.3 is 10.6 Å². The van der Waals surface area contributed by atoms with Gasteiger partial charge in [-0.05, 0) is 31.5 Å². The van der Waals surface area contributed by atoms with Gasteiger partial charge in [-0.2, -0.15) is 0 Å². The van der Waals surface area contributed by atoms with Crippen molar-refractivity contribution in [1.29, 1.82) is 0 Å². The van der Waals surface area contributed by atoms with E-state index < -0.39 is 0 Å². The number of aromatic nitrogens is 1. The van der Waals surface area contributed by atoms with Crippen molar-refractivity contribution in [3.05, 3.63) is 65.0 Å². The molecule has 1 heterocycles. The number of nitrogens with zero attached hydrogens (tertiary/aromatic N) is 2. The lowest BCUT2D eigenvalue weighted by Gasteiger charge is -2.25. The Bertz CT molecular complexity index is 622. The molecule has 2 N–H and O–H groups in total. The first-order valence-electron chi connectivity index (χ1n) is 7.01. The molecule has 0 aliphatic carbocycles. The van der Waals surface area contributed by atoms with Gasteiger partial charge in [-0.15, -0.1) is 0 Å². The second-order valence-corrected chi connectivity index (χ2v) is 5.24. The molecule has 1 amide bonds. The van der Waals surface area contributed by atoms with Gasteiger partial charge in [0.15, 0.2) is 0 Å². The number of pyridine rings is 1. The van der Waals surface area contributed by atoms with Crippen LogP contribution < -0.4 is 5.73 Å². The Kier molecular flexibility index (Phi) is 4.70. The molecule has 0 saturated heterocycles. The minimum Gasteiger partial charge on any atom is -0.335 e. The molecule has 4 heteroatoms. The van der Waals surface area contributed by atoms with Crippen LogP contribution >= 0.6 is 0 Å². The molecule has 0 aliphatic rings. The highest BCUT2D eigenvalue weighted by molar-refractivity contribution is 5.94. The second kappa shape index (κ2) is 6.50. The molecule has 4 nitrogen and oxygen atoms in total. The number of benzene rings is 1. The number of carbonyl (C=O) groups is 1. The Hall–Kier alpha value is -2.20. The Labute approximate surface area is 125 Å². The van der Waals surface area contributed by atoms with Crippen molar-refractivity contribution in [3.63, 3.8) is 0 Å². The number of nitrogens with two attached hydrogens (primary N) is 1. The van der Waals surface area contributed by atoms with Crippen molar-refractivity contribution in [2.24, 2.45) is 5.73 Å². The fourth-order valence-corrected chi connectivity index (χ4v) is 2.17. The lowest BCUT2D eigenvalue weighted by atomic mass is 10.0. The van der Waals surface area contributed by atoms with Gasteiger partial charge in [-0.1, -0.05) is 29.8 Å². The number of hydrogen-bond acceptors (Lipinski definition) is 3. The van der Waals surface area contributed by atoms with Crippen LogP contribution in [0.4, 0.5) is 0 Å². The van der Waals surface area contributed by atoms with E-state index in [1.807, 2.05) is 14.0 Å². The number of aryl methyl sites for hydroxylation is 1. The van der Waals surface area contributed by atoms with E-state index in [0.717, 1.165) is 11.3 Å². The third-order valence-electron chi connectivity index (χ3n) is 3.73. The van der Waals surface area contributed by atoms with Gasteiger partial charge in [0.25, 0.3) is 5.91 Å². The molecule has 0 bridgehead atoms. The molecule has 0 fully saturated rings. The summed E-state index contributed by atoms with van der Waals surface area (Å²) in [4.78, 5) is 18.4. The molecular formula is C17H21N3O. The molecule has 0 aliphatic heterocycles. The molecule has 0 radical (unpaired) electrons. The summed E-state index contributed by atoms with van der Waals surface area (Å²) < 4.78 is 0. The van der Waals surface area contributed by atoms with Crippen LogP contribution in [0.25, 0.3) is 0 Å². The predicted octanol–water partition coefficient (Wildman–Crippen LogP) is 2.68. The Morgan fingerprint density at radius 2 is 1.95 bits per heavy atom. The summed E-state index contributed by atoms with van der Waals surface area (Å²) >= 11 is 0. The highest BCUT2D eigenvalue weighted by atomic mass is 16.2. The largest absolute Gasteiger partial charge is 0.335 e. The minimum absolute atomic E-state index is 0.00703. The van der Waals surface area contributed by atoms with Crippen molar-refractivity contribution >= 4 is 5.91 Å². The van der Waals surface area contributed by atoms with Crippen molar-refractivity contribution in [3.8, 4) is 0 Å². The normalized spacial score (nSPS) is 12.0. The van der Waals surface area contributed by atoms with Crippen molar-refractivity contribution < 1.29 is 4.79 Å². The van der Waals surface area contributed by atoms with Crippen LogP contribution in [0.2, 0.25) is 0 Å². The number of amides is 1. The summed E-state index contributed by atoms with van der Waals surface area (Å²) in [5.41, 5.74) is 9.23. The first-order chi connectivity index (χ1) is 10.0. The lowest BCUT2D eigenvalue weighted by Crippen LogP contribution is -2.29. The summed E-state index contributed by atoms with van der Waals surface area (Å²) in [6.07, 6.45) is 1.62. The zero-order valence-corrected chi connectivity index (χ0v) is 12.7. The Balaban J connectivity index is 2.19. The van der Waals surface area contributed by atoms with Gasteiger partial charge in [0.2, 0.25) is 0 Å². The van der Waals surface area contributed by atoms with Gasteiger partial charge in [-0.25, -0.2) is 0 Å². The van der Waals surface area contributed by atoms with Gasteiger partial charge in [0.05, 0.1) is 11.7 Å². The van der Waals surface area contributed by atoms with Gasteiger partial charge in [-0.3, -0.25) is 9.78 Å². The molecule has 0 saturated carbocycles. The molecule has 1 atom stereocenters. The van der Waals surface area contributed by atoms with E-state index in [1.54, 1.807) is 23.2 Å². The topological polar surface area (TPSA) is 59.2 Å². The van der Waals surface area contributed by atoms with E-state index in [4.69, 9.17) is 5.73 Å². The first kappa shape index (κ1) is 15.2. The highest BCUT2D eigenvalue weighted by Crippen LogP contribution is 2.21.